The Kier molecular flexibility index (Phi) is 6.25. The molecule has 2 rings (SSSR count). The van der Waals surface area contributed by atoms with Gasteiger partial charge in [0.25, 0.3) is 0 Å². The maximum absolute atomic E-state index is 4.72. The monoisotopic (exact) mass is 302 g/mol. The van der Waals surface area contributed by atoms with Crippen molar-refractivity contribution < 1.29 is 0 Å². The summed E-state index contributed by atoms with van der Waals surface area (Å²) in [4.78, 5) is 7.03. The van der Waals surface area contributed by atoms with Crippen LogP contribution in [-0.2, 0) is 13.1 Å². The van der Waals surface area contributed by atoms with Gasteiger partial charge in [-0.2, -0.15) is 0 Å². The number of aliphatic imine (C=N–C) groups is 1. The normalized spacial score (nSPS) is 21.0. The Morgan fingerprint density at radius 3 is 2.68 bits per heavy atom. The third-order valence-electron chi connectivity index (χ3n) is 4.18. The van der Waals surface area contributed by atoms with E-state index >= 15 is 0 Å². The first-order valence-electron chi connectivity index (χ1n) is 8.43. The van der Waals surface area contributed by atoms with Crippen LogP contribution < -0.4 is 10.6 Å². The second-order valence-corrected chi connectivity index (χ2v) is 6.31. The Hall–Kier alpha value is -1.55. The van der Waals surface area contributed by atoms with Gasteiger partial charge in [-0.15, -0.1) is 0 Å². The molecular formula is C18H30N4. The van der Waals surface area contributed by atoms with Gasteiger partial charge in [0.2, 0.25) is 0 Å². The Bertz CT molecular complexity index is 498. The lowest BCUT2D eigenvalue weighted by Crippen LogP contribution is -2.39. The molecule has 0 amide bonds. The zero-order chi connectivity index (χ0) is 15.9. The highest BCUT2D eigenvalue weighted by Gasteiger charge is 2.33. The molecule has 0 aliphatic heterocycles. The molecule has 0 bridgehead atoms. The van der Waals surface area contributed by atoms with Crippen LogP contribution in [0.3, 0.4) is 0 Å². The zero-order valence-corrected chi connectivity index (χ0v) is 14.4. The van der Waals surface area contributed by atoms with Crippen LogP contribution in [0.25, 0.3) is 0 Å². The van der Waals surface area contributed by atoms with E-state index in [1.54, 1.807) is 0 Å². The van der Waals surface area contributed by atoms with E-state index in [-0.39, 0.29) is 0 Å². The van der Waals surface area contributed by atoms with Crippen LogP contribution in [0.15, 0.2) is 29.3 Å². The van der Waals surface area contributed by atoms with E-state index in [0.717, 1.165) is 38.1 Å². The van der Waals surface area contributed by atoms with Gasteiger partial charge in [0.15, 0.2) is 5.96 Å². The highest BCUT2D eigenvalue weighted by Crippen LogP contribution is 2.28. The average Bonchev–Trinajstić information content (AvgIpc) is 3.20. The Balaban J connectivity index is 1.95. The van der Waals surface area contributed by atoms with E-state index in [0.29, 0.717) is 6.04 Å². The van der Waals surface area contributed by atoms with Gasteiger partial charge < -0.3 is 15.5 Å². The molecule has 1 aliphatic rings. The van der Waals surface area contributed by atoms with Gasteiger partial charge >= 0.3 is 0 Å². The van der Waals surface area contributed by atoms with Gasteiger partial charge in [-0.1, -0.05) is 38.1 Å². The molecule has 0 aromatic heterocycles. The standard InChI is InChI=1S/C18H30N4/c1-5-19-18(21-17-10-14(17)3)20-12-15-8-7-9-16(11-15)13-22(4)6-2/h7-9,11,14,17H,5-6,10,12-13H2,1-4H3,(H2,19,20,21). The number of nitrogens with zero attached hydrogens (tertiary/aromatic N) is 2. The summed E-state index contributed by atoms with van der Waals surface area (Å²) < 4.78 is 0. The van der Waals surface area contributed by atoms with Crippen molar-refractivity contribution in [2.75, 3.05) is 20.1 Å². The average molecular weight is 302 g/mol. The number of rotatable bonds is 7. The van der Waals surface area contributed by atoms with Gasteiger partial charge in [-0.25, -0.2) is 4.99 Å². The predicted octanol–water partition coefficient (Wildman–Crippen LogP) is 2.60. The van der Waals surface area contributed by atoms with Crippen LogP contribution in [0, 0.1) is 5.92 Å². The highest BCUT2D eigenvalue weighted by molar-refractivity contribution is 5.80. The molecule has 0 saturated heterocycles. The maximum atomic E-state index is 4.72. The fourth-order valence-electron chi connectivity index (χ4n) is 2.44. The summed E-state index contributed by atoms with van der Waals surface area (Å²) >= 11 is 0. The minimum absolute atomic E-state index is 0.599. The van der Waals surface area contributed by atoms with Crippen molar-refractivity contribution in [1.29, 1.82) is 0 Å². The molecule has 1 aromatic carbocycles. The minimum atomic E-state index is 0.599. The van der Waals surface area contributed by atoms with E-state index in [1.807, 2.05) is 0 Å². The summed E-state index contributed by atoms with van der Waals surface area (Å²) in [6.45, 7) is 10.2. The number of nitrogens with one attached hydrogen (secondary N) is 2. The molecule has 0 radical (unpaired) electrons. The molecule has 122 valence electrons. The Labute approximate surface area is 135 Å². The van der Waals surface area contributed by atoms with Crippen molar-refractivity contribution in [1.82, 2.24) is 15.5 Å². The fourth-order valence-corrected chi connectivity index (χ4v) is 2.44. The molecule has 0 spiro atoms. The molecule has 4 heteroatoms. The second-order valence-electron chi connectivity index (χ2n) is 6.31. The predicted molar refractivity (Wildman–Crippen MR) is 94.0 cm³/mol. The first-order chi connectivity index (χ1) is 10.6. The smallest absolute Gasteiger partial charge is 0.191 e. The summed E-state index contributed by atoms with van der Waals surface area (Å²) in [5.74, 6) is 1.71. The molecule has 22 heavy (non-hydrogen) atoms. The molecule has 2 atom stereocenters. The second kappa shape index (κ2) is 8.18. The first kappa shape index (κ1) is 16.8. The Morgan fingerprint density at radius 1 is 1.32 bits per heavy atom. The number of hydrogen-bond acceptors (Lipinski definition) is 2. The van der Waals surface area contributed by atoms with E-state index in [9.17, 15) is 0 Å². The lowest BCUT2D eigenvalue weighted by atomic mass is 10.1. The van der Waals surface area contributed by atoms with Crippen LogP contribution in [0.2, 0.25) is 0 Å². The molecule has 1 fully saturated rings. The molecule has 2 unspecified atom stereocenters. The van der Waals surface area contributed by atoms with Crippen molar-refractivity contribution in [2.24, 2.45) is 10.9 Å². The van der Waals surface area contributed by atoms with Crippen molar-refractivity contribution in [2.45, 2.75) is 46.3 Å². The van der Waals surface area contributed by atoms with Crippen molar-refractivity contribution in [3.05, 3.63) is 35.4 Å². The lowest BCUT2D eigenvalue weighted by Gasteiger charge is -2.14. The number of guanidine groups is 1. The van der Waals surface area contributed by atoms with Gasteiger partial charge in [0.05, 0.1) is 6.54 Å². The molecule has 1 aliphatic carbocycles. The SMILES string of the molecule is CCNC(=NCc1cccc(CN(C)CC)c1)NC1CC1C. The first-order valence-corrected chi connectivity index (χ1v) is 8.43. The van der Waals surface area contributed by atoms with Crippen LogP contribution in [0.1, 0.15) is 38.3 Å². The summed E-state index contributed by atoms with van der Waals surface area (Å²) in [5, 5.41) is 6.83. The highest BCUT2D eigenvalue weighted by atomic mass is 15.2. The van der Waals surface area contributed by atoms with Crippen LogP contribution in [-0.4, -0.2) is 37.0 Å². The number of hydrogen-bond donors (Lipinski definition) is 2. The van der Waals surface area contributed by atoms with E-state index in [4.69, 9.17) is 4.99 Å². The van der Waals surface area contributed by atoms with Crippen molar-refractivity contribution in [3.8, 4) is 0 Å². The summed E-state index contributed by atoms with van der Waals surface area (Å²) in [6, 6.07) is 9.34. The lowest BCUT2D eigenvalue weighted by molar-refractivity contribution is 0.345. The van der Waals surface area contributed by atoms with E-state index in [2.05, 4.69) is 67.6 Å². The summed E-state index contributed by atoms with van der Waals surface area (Å²) in [7, 11) is 2.15. The quantitative estimate of drug-likeness (QED) is 0.601. The molecule has 2 N–H and O–H groups in total. The third-order valence-corrected chi connectivity index (χ3v) is 4.18. The maximum Gasteiger partial charge on any atom is 0.191 e. The van der Waals surface area contributed by atoms with Gasteiger partial charge in [-0.3, -0.25) is 0 Å². The zero-order valence-electron chi connectivity index (χ0n) is 14.4. The van der Waals surface area contributed by atoms with E-state index < -0.39 is 0 Å². The largest absolute Gasteiger partial charge is 0.357 e. The molecule has 4 nitrogen and oxygen atoms in total. The molecular weight excluding hydrogens is 272 g/mol. The van der Waals surface area contributed by atoms with E-state index in [1.165, 1.54) is 17.5 Å². The molecule has 1 saturated carbocycles. The van der Waals surface area contributed by atoms with Gasteiger partial charge in [0.1, 0.15) is 0 Å². The topological polar surface area (TPSA) is 39.7 Å². The molecule has 1 aromatic rings. The van der Waals surface area contributed by atoms with Crippen LogP contribution in [0.5, 0.6) is 0 Å². The summed E-state index contributed by atoms with van der Waals surface area (Å²) in [6.07, 6.45) is 1.25. The third kappa shape index (κ3) is 5.34. The van der Waals surface area contributed by atoms with Gasteiger partial charge in [-0.05, 0) is 44.0 Å². The van der Waals surface area contributed by atoms with Crippen molar-refractivity contribution in [3.63, 3.8) is 0 Å². The van der Waals surface area contributed by atoms with Gasteiger partial charge in [0, 0.05) is 19.1 Å². The minimum Gasteiger partial charge on any atom is -0.357 e. The summed E-state index contributed by atoms with van der Waals surface area (Å²) in [5.41, 5.74) is 2.62. The fraction of sp³-hybridized carbons (Fsp3) is 0.611. The Morgan fingerprint density at radius 2 is 2.05 bits per heavy atom. The molecule has 0 heterocycles. The van der Waals surface area contributed by atoms with Crippen LogP contribution >= 0.6 is 0 Å². The van der Waals surface area contributed by atoms with Crippen LogP contribution in [0.4, 0.5) is 0 Å². The number of benzene rings is 1. The van der Waals surface area contributed by atoms with Crippen molar-refractivity contribution >= 4 is 5.96 Å².